The monoisotopic (exact) mass is 813 g/mol. The molecule has 7 heterocycles. The fraction of sp³-hybridized carbons (Fsp3) is 0.450. The normalized spacial score (nSPS) is 23.5. The third-order valence-corrected chi connectivity index (χ3v) is 12.7. The van der Waals surface area contributed by atoms with Gasteiger partial charge in [0.15, 0.2) is 12.4 Å². The zero-order chi connectivity index (χ0) is 40.0. The zero-order valence-corrected chi connectivity index (χ0v) is 32.7. The van der Waals surface area contributed by atoms with Gasteiger partial charge in [0.05, 0.1) is 40.6 Å². The highest BCUT2D eigenvalue weighted by Gasteiger charge is 2.51. The van der Waals surface area contributed by atoms with Gasteiger partial charge in [0.1, 0.15) is 5.02 Å². The maximum Gasteiger partial charge on any atom is 0.301 e. The number of alkyl halides is 2. The Morgan fingerprint density at radius 1 is 0.948 bits per heavy atom. The van der Waals surface area contributed by atoms with E-state index in [0.29, 0.717) is 71.3 Å². The second kappa shape index (κ2) is 13.8. The predicted molar refractivity (Wildman–Crippen MR) is 216 cm³/mol. The van der Waals surface area contributed by atoms with Crippen molar-refractivity contribution < 1.29 is 23.1 Å². The minimum absolute atomic E-state index is 0.116. The van der Waals surface area contributed by atoms with Crippen LogP contribution in [0.4, 0.5) is 37.6 Å². The molecule has 1 saturated carbocycles. The number of anilines is 5. The number of piperazine rings is 2. The number of rotatable bonds is 6. The van der Waals surface area contributed by atoms with Crippen molar-refractivity contribution in [3.05, 3.63) is 63.7 Å². The van der Waals surface area contributed by atoms with Gasteiger partial charge in [-0.3, -0.25) is 29.3 Å². The Morgan fingerprint density at radius 3 is 2.53 bits per heavy atom. The molecule has 58 heavy (non-hydrogen) atoms. The predicted octanol–water partition coefficient (Wildman–Crippen LogP) is 4.36. The van der Waals surface area contributed by atoms with Crippen LogP contribution in [0.5, 0.6) is 5.75 Å². The first kappa shape index (κ1) is 36.8. The highest BCUT2D eigenvalue weighted by molar-refractivity contribution is 6.33. The number of carbonyl (C=O) groups excluding carboxylic acids is 2. The highest BCUT2D eigenvalue weighted by atomic mass is 35.5. The summed E-state index contributed by atoms with van der Waals surface area (Å²) in [6.07, 6.45) is 3.71. The molecule has 5 aromatic rings. The number of amides is 2. The van der Waals surface area contributed by atoms with Crippen LogP contribution < -0.4 is 36.0 Å². The molecule has 1 aliphatic carbocycles. The number of piperidine rings is 1. The summed E-state index contributed by atoms with van der Waals surface area (Å²) in [5.74, 6) is -3.53. The Morgan fingerprint density at radius 2 is 1.74 bits per heavy atom. The Labute approximate surface area is 336 Å². The van der Waals surface area contributed by atoms with Crippen molar-refractivity contribution in [3.63, 3.8) is 0 Å². The Kier molecular flexibility index (Phi) is 8.74. The van der Waals surface area contributed by atoms with E-state index in [-0.39, 0.29) is 35.2 Å². The van der Waals surface area contributed by atoms with Crippen LogP contribution in [-0.4, -0.2) is 105 Å². The fourth-order valence-corrected chi connectivity index (χ4v) is 9.21. The number of carbonyl (C=O) groups is 2. The number of aryl methyl sites for hydroxylation is 2. The van der Waals surface area contributed by atoms with Crippen LogP contribution in [0.3, 0.4) is 0 Å². The van der Waals surface area contributed by atoms with Gasteiger partial charge in [0.25, 0.3) is 5.56 Å². The molecule has 2 amide bonds. The van der Waals surface area contributed by atoms with E-state index in [1.165, 1.54) is 4.57 Å². The summed E-state index contributed by atoms with van der Waals surface area (Å²) in [6, 6.07) is 10.7. The number of hydrogen-bond acceptors (Lipinski definition) is 12. The van der Waals surface area contributed by atoms with Crippen LogP contribution in [0, 0.1) is 5.92 Å². The van der Waals surface area contributed by atoms with Crippen molar-refractivity contribution in [2.24, 2.45) is 20.0 Å². The van der Waals surface area contributed by atoms with Gasteiger partial charge in [-0.15, -0.1) is 0 Å². The SMILES string of the molecule is Cn1nc(C2CCC(=O)NC2=O)c2ccc(N3CCN4CCN(c5ncc(Cl)c(Nc6ccc7c(c6)c6c(c(=O)n7C)OCC(F)(F)[C@H](C7CC7)N6)n5)CC4C3)cc21. The number of aromatic nitrogens is 5. The molecule has 3 N–H and O–H groups in total. The minimum atomic E-state index is -3.14. The number of fused-ring (bicyclic) bond motifs is 5. The van der Waals surface area contributed by atoms with E-state index in [4.69, 9.17) is 26.4 Å². The number of benzene rings is 2. The van der Waals surface area contributed by atoms with Crippen LogP contribution in [0.1, 0.15) is 37.3 Å². The molecule has 2 aromatic carbocycles. The van der Waals surface area contributed by atoms with Crippen LogP contribution in [0.2, 0.25) is 5.02 Å². The molecule has 302 valence electrons. The summed E-state index contributed by atoms with van der Waals surface area (Å²) >= 11 is 6.67. The average Bonchev–Trinajstić information content (AvgIpc) is 4.02. The Bertz CT molecular complexity index is 2580. The van der Waals surface area contributed by atoms with Crippen LogP contribution in [0.15, 0.2) is 47.4 Å². The molecular formula is C40H42ClF2N11O4. The molecule has 0 bridgehead atoms. The summed E-state index contributed by atoms with van der Waals surface area (Å²) in [6.45, 7) is 3.95. The largest absolute Gasteiger partial charge is 0.480 e. The van der Waals surface area contributed by atoms with Crippen molar-refractivity contribution in [1.82, 2.24) is 34.5 Å². The first-order valence-electron chi connectivity index (χ1n) is 19.7. The van der Waals surface area contributed by atoms with E-state index in [1.54, 1.807) is 31.4 Å². The standard InChI is InChI=1S/C40H42ClF2N11O4/c1-50-29-9-5-22(15-27(29)33-34(38(50)57)58-20-40(42,43)35(47-33)21-3-4-21)45-36-28(41)17-44-39(48-36)54-14-12-52-11-13-53(18-24(52)19-54)23-6-7-25-30(16-23)51(2)49-32(25)26-8-10-31(55)46-37(26)56/h5-7,9,15-17,21,24,26,35,47H,3-4,8,10-14,18-20H2,1-2H3,(H,44,45,48)(H,46,55,56)/t24?,26?,35-/m0/s1. The number of nitrogens with zero attached hydrogens (tertiary/aromatic N) is 8. The lowest BCUT2D eigenvalue weighted by atomic mass is 9.93. The van der Waals surface area contributed by atoms with Gasteiger partial charge in [-0.1, -0.05) is 11.6 Å². The van der Waals surface area contributed by atoms with Crippen LogP contribution in [-0.2, 0) is 23.7 Å². The third kappa shape index (κ3) is 6.34. The first-order valence-corrected chi connectivity index (χ1v) is 20.1. The second-order valence-corrected chi connectivity index (χ2v) is 16.5. The molecule has 10 rings (SSSR count). The van der Waals surface area contributed by atoms with Crippen molar-refractivity contribution in [1.29, 1.82) is 0 Å². The van der Waals surface area contributed by atoms with E-state index in [9.17, 15) is 14.4 Å². The van der Waals surface area contributed by atoms with Crippen molar-refractivity contribution >= 4 is 74.0 Å². The molecular weight excluding hydrogens is 772 g/mol. The Balaban J connectivity index is 0.876. The molecule has 4 aliphatic heterocycles. The molecule has 4 fully saturated rings. The second-order valence-electron chi connectivity index (χ2n) is 16.1. The first-order chi connectivity index (χ1) is 27.9. The van der Waals surface area contributed by atoms with Crippen LogP contribution in [0.25, 0.3) is 21.8 Å². The van der Waals surface area contributed by atoms with Gasteiger partial charge in [-0.2, -0.15) is 10.1 Å². The summed E-state index contributed by atoms with van der Waals surface area (Å²) in [5.41, 5.74) is 3.64. The molecule has 18 heteroatoms. The number of ether oxygens (including phenoxy) is 1. The number of imide groups is 1. The van der Waals surface area contributed by atoms with Crippen LogP contribution >= 0.6 is 11.6 Å². The van der Waals surface area contributed by atoms with Gasteiger partial charge in [0, 0.05) is 88.0 Å². The molecule has 15 nitrogen and oxygen atoms in total. The number of pyridine rings is 1. The summed E-state index contributed by atoms with van der Waals surface area (Å²) in [7, 11) is 3.48. The smallest absolute Gasteiger partial charge is 0.301 e. The van der Waals surface area contributed by atoms with Gasteiger partial charge in [0.2, 0.25) is 23.5 Å². The number of nitrogens with one attached hydrogen (secondary N) is 3. The topological polar surface area (TPSA) is 155 Å². The third-order valence-electron chi connectivity index (χ3n) is 12.4. The minimum Gasteiger partial charge on any atom is -0.480 e. The van der Waals surface area contributed by atoms with E-state index >= 15 is 8.78 Å². The summed E-state index contributed by atoms with van der Waals surface area (Å²) in [5, 5.41) is 15.3. The highest BCUT2D eigenvalue weighted by Crippen LogP contribution is 2.46. The molecule has 0 spiro atoms. The van der Waals surface area contributed by atoms with E-state index < -0.39 is 30.0 Å². The zero-order valence-electron chi connectivity index (χ0n) is 32.0. The molecule has 0 radical (unpaired) electrons. The van der Waals surface area contributed by atoms with E-state index in [0.717, 1.165) is 49.3 Å². The van der Waals surface area contributed by atoms with E-state index in [1.807, 2.05) is 17.8 Å². The number of hydrogen-bond donors (Lipinski definition) is 3. The van der Waals surface area contributed by atoms with Gasteiger partial charge >= 0.3 is 5.92 Å². The maximum absolute atomic E-state index is 15.2. The van der Waals surface area contributed by atoms with Crippen molar-refractivity contribution in [2.75, 3.05) is 66.3 Å². The van der Waals surface area contributed by atoms with Gasteiger partial charge in [-0.05, 0) is 61.6 Å². The quantitative estimate of drug-likeness (QED) is 0.209. The molecule has 3 atom stereocenters. The lowest BCUT2D eigenvalue weighted by Crippen LogP contribution is -2.62. The summed E-state index contributed by atoms with van der Waals surface area (Å²) < 4.78 is 39.1. The van der Waals surface area contributed by atoms with Gasteiger partial charge in [-0.25, -0.2) is 13.8 Å². The lowest BCUT2D eigenvalue weighted by molar-refractivity contribution is -0.134. The lowest BCUT2D eigenvalue weighted by Gasteiger charge is -2.48. The average molecular weight is 814 g/mol. The fourth-order valence-electron chi connectivity index (χ4n) is 9.07. The molecule has 5 aliphatic rings. The number of halogens is 3. The molecule has 3 saturated heterocycles. The van der Waals surface area contributed by atoms with Gasteiger partial charge < -0.3 is 29.7 Å². The van der Waals surface area contributed by atoms with Crippen molar-refractivity contribution in [3.8, 4) is 5.75 Å². The Hall–Kier alpha value is -5.55. The maximum atomic E-state index is 15.2. The molecule has 3 aromatic heterocycles. The summed E-state index contributed by atoms with van der Waals surface area (Å²) in [4.78, 5) is 54.2. The molecule has 2 unspecified atom stereocenters. The van der Waals surface area contributed by atoms with E-state index in [2.05, 4.69) is 47.8 Å². The van der Waals surface area contributed by atoms with Crippen molar-refractivity contribution in [2.45, 2.75) is 49.6 Å².